The monoisotopic (exact) mass is 263 g/mol. The summed E-state index contributed by atoms with van der Waals surface area (Å²) < 4.78 is 17.3. The molecule has 4 nitrogen and oxygen atoms in total. The molecule has 0 spiro atoms. The maximum Gasteiger partial charge on any atom is 0.167 e. The first kappa shape index (κ1) is 12.8. The van der Waals surface area contributed by atoms with Crippen molar-refractivity contribution in [2.75, 3.05) is 33.4 Å². The van der Waals surface area contributed by atoms with Crippen molar-refractivity contribution in [3.8, 4) is 11.5 Å². The molecule has 2 fully saturated rings. The number of hydrogen-bond donors (Lipinski definition) is 1. The Balaban J connectivity index is 1.82. The molecule has 3 rings (SSSR count). The van der Waals surface area contributed by atoms with Gasteiger partial charge in [0.1, 0.15) is 0 Å². The molecule has 0 aromatic heterocycles. The summed E-state index contributed by atoms with van der Waals surface area (Å²) in [6.07, 6.45) is 2.62. The number of benzene rings is 1. The summed E-state index contributed by atoms with van der Waals surface area (Å²) in [5.41, 5.74) is 1.09. The Kier molecular flexibility index (Phi) is 3.89. The number of methoxy groups -OCH3 is 1. The summed E-state index contributed by atoms with van der Waals surface area (Å²) in [6, 6.07) is 6.01. The molecule has 104 valence electrons. The van der Waals surface area contributed by atoms with Crippen LogP contribution in [-0.4, -0.2) is 33.4 Å². The Bertz CT molecular complexity index is 425. The van der Waals surface area contributed by atoms with Crippen molar-refractivity contribution in [2.24, 2.45) is 5.92 Å². The van der Waals surface area contributed by atoms with Gasteiger partial charge in [0.25, 0.3) is 0 Å². The highest BCUT2D eigenvalue weighted by Crippen LogP contribution is 2.38. The van der Waals surface area contributed by atoms with Crippen molar-refractivity contribution in [1.82, 2.24) is 5.32 Å². The first-order valence-corrected chi connectivity index (χ1v) is 7.00. The second kappa shape index (κ2) is 5.80. The summed E-state index contributed by atoms with van der Waals surface area (Å²) in [4.78, 5) is 0. The highest BCUT2D eigenvalue weighted by Gasteiger charge is 2.26. The Hall–Kier alpha value is -1.26. The fourth-order valence-corrected chi connectivity index (χ4v) is 2.35. The normalized spacial score (nSPS) is 23.1. The first-order valence-electron chi connectivity index (χ1n) is 7.00. The lowest BCUT2D eigenvalue weighted by atomic mass is 10.1. The van der Waals surface area contributed by atoms with Crippen molar-refractivity contribution in [1.29, 1.82) is 0 Å². The Morgan fingerprint density at radius 1 is 1.37 bits per heavy atom. The molecular formula is C15H21NO3. The maximum absolute atomic E-state index is 6.00. The van der Waals surface area contributed by atoms with E-state index in [1.165, 1.54) is 12.8 Å². The Morgan fingerprint density at radius 3 is 2.95 bits per heavy atom. The number of para-hydroxylation sites is 1. The number of ether oxygens (including phenoxy) is 3. The molecule has 1 N–H and O–H groups in total. The lowest BCUT2D eigenvalue weighted by Gasteiger charge is -2.26. The standard InChI is InChI=1S/C15H21NO3/c1-17-13-4-2-3-12(14-9-16-7-8-18-14)15(13)19-10-11-5-6-11/h2-4,11,14,16H,5-10H2,1H3. The van der Waals surface area contributed by atoms with E-state index in [4.69, 9.17) is 14.2 Å². The highest BCUT2D eigenvalue weighted by atomic mass is 16.5. The topological polar surface area (TPSA) is 39.7 Å². The molecule has 4 heteroatoms. The van der Waals surface area contributed by atoms with Gasteiger partial charge in [-0.25, -0.2) is 0 Å². The molecule has 2 aliphatic rings. The lowest BCUT2D eigenvalue weighted by molar-refractivity contribution is 0.0256. The Morgan fingerprint density at radius 2 is 2.26 bits per heavy atom. The van der Waals surface area contributed by atoms with Crippen molar-refractivity contribution in [3.05, 3.63) is 23.8 Å². The van der Waals surface area contributed by atoms with E-state index in [9.17, 15) is 0 Å². The molecule has 1 aromatic carbocycles. The summed E-state index contributed by atoms with van der Waals surface area (Å²) in [5, 5.41) is 3.35. The van der Waals surface area contributed by atoms with Crippen LogP contribution >= 0.6 is 0 Å². The smallest absolute Gasteiger partial charge is 0.167 e. The lowest BCUT2D eigenvalue weighted by Crippen LogP contribution is -2.33. The minimum Gasteiger partial charge on any atom is -0.493 e. The van der Waals surface area contributed by atoms with E-state index in [-0.39, 0.29) is 6.10 Å². The van der Waals surface area contributed by atoms with Crippen LogP contribution in [0.15, 0.2) is 18.2 Å². The van der Waals surface area contributed by atoms with Gasteiger partial charge in [0.05, 0.1) is 26.4 Å². The van der Waals surface area contributed by atoms with E-state index in [0.29, 0.717) is 0 Å². The van der Waals surface area contributed by atoms with Gasteiger partial charge in [-0.3, -0.25) is 0 Å². The third-order valence-corrected chi connectivity index (χ3v) is 3.66. The molecular weight excluding hydrogens is 242 g/mol. The molecule has 1 aliphatic heterocycles. The van der Waals surface area contributed by atoms with Crippen LogP contribution in [0, 0.1) is 5.92 Å². The highest BCUT2D eigenvalue weighted by molar-refractivity contribution is 5.48. The van der Waals surface area contributed by atoms with Gasteiger partial charge >= 0.3 is 0 Å². The summed E-state index contributed by atoms with van der Waals surface area (Å²) in [6.45, 7) is 3.27. The molecule has 19 heavy (non-hydrogen) atoms. The van der Waals surface area contributed by atoms with Crippen LogP contribution in [0.25, 0.3) is 0 Å². The zero-order chi connectivity index (χ0) is 13.1. The summed E-state index contributed by atoms with van der Waals surface area (Å²) >= 11 is 0. The van der Waals surface area contributed by atoms with Crippen LogP contribution < -0.4 is 14.8 Å². The average Bonchev–Trinajstić information content (AvgIpc) is 3.30. The summed E-state index contributed by atoms with van der Waals surface area (Å²) in [7, 11) is 1.68. The van der Waals surface area contributed by atoms with Crippen LogP contribution in [-0.2, 0) is 4.74 Å². The van der Waals surface area contributed by atoms with Crippen molar-refractivity contribution in [3.63, 3.8) is 0 Å². The van der Waals surface area contributed by atoms with E-state index in [0.717, 1.165) is 49.3 Å². The predicted molar refractivity (Wildman–Crippen MR) is 72.8 cm³/mol. The van der Waals surface area contributed by atoms with Crippen LogP contribution in [0.1, 0.15) is 24.5 Å². The number of hydrogen-bond acceptors (Lipinski definition) is 4. The van der Waals surface area contributed by atoms with E-state index in [1.54, 1.807) is 7.11 Å². The van der Waals surface area contributed by atoms with E-state index >= 15 is 0 Å². The van der Waals surface area contributed by atoms with Gasteiger partial charge in [-0.05, 0) is 24.8 Å². The molecule has 0 bridgehead atoms. The van der Waals surface area contributed by atoms with Gasteiger partial charge in [-0.2, -0.15) is 0 Å². The molecule has 1 heterocycles. The van der Waals surface area contributed by atoms with Crippen molar-refractivity contribution >= 4 is 0 Å². The van der Waals surface area contributed by atoms with Gasteiger partial charge in [-0.1, -0.05) is 12.1 Å². The summed E-state index contributed by atoms with van der Waals surface area (Å²) in [5.74, 6) is 2.38. The van der Waals surface area contributed by atoms with E-state index in [1.807, 2.05) is 12.1 Å². The second-order valence-corrected chi connectivity index (χ2v) is 5.20. The third-order valence-electron chi connectivity index (χ3n) is 3.66. The molecule has 1 saturated heterocycles. The molecule has 1 aromatic rings. The van der Waals surface area contributed by atoms with Crippen LogP contribution in [0.4, 0.5) is 0 Å². The third kappa shape index (κ3) is 3.01. The minimum absolute atomic E-state index is 0.0538. The largest absolute Gasteiger partial charge is 0.493 e. The van der Waals surface area contributed by atoms with Gasteiger partial charge in [0.15, 0.2) is 11.5 Å². The zero-order valence-electron chi connectivity index (χ0n) is 11.4. The second-order valence-electron chi connectivity index (χ2n) is 5.20. The maximum atomic E-state index is 6.00. The van der Waals surface area contributed by atoms with Gasteiger partial charge < -0.3 is 19.5 Å². The first-order chi connectivity index (χ1) is 9.38. The van der Waals surface area contributed by atoms with Crippen molar-refractivity contribution < 1.29 is 14.2 Å². The zero-order valence-corrected chi connectivity index (χ0v) is 11.4. The van der Waals surface area contributed by atoms with Crippen LogP contribution in [0.5, 0.6) is 11.5 Å². The predicted octanol–water partition coefficient (Wildman–Crippen LogP) is 2.14. The fraction of sp³-hybridized carbons (Fsp3) is 0.600. The molecule has 1 aliphatic carbocycles. The van der Waals surface area contributed by atoms with Crippen LogP contribution in [0.2, 0.25) is 0 Å². The molecule has 0 amide bonds. The molecule has 1 unspecified atom stereocenters. The van der Waals surface area contributed by atoms with Gasteiger partial charge in [0, 0.05) is 18.7 Å². The molecule has 1 saturated carbocycles. The average molecular weight is 263 g/mol. The minimum atomic E-state index is 0.0538. The number of morpholine rings is 1. The molecule has 1 atom stereocenters. The number of rotatable bonds is 5. The van der Waals surface area contributed by atoms with Crippen LogP contribution in [0.3, 0.4) is 0 Å². The van der Waals surface area contributed by atoms with Crippen molar-refractivity contribution in [2.45, 2.75) is 18.9 Å². The molecule has 0 radical (unpaired) electrons. The SMILES string of the molecule is COc1cccc(C2CNCCO2)c1OCC1CC1. The fourth-order valence-electron chi connectivity index (χ4n) is 2.35. The van der Waals surface area contributed by atoms with Gasteiger partial charge in [-0.15, -0.1) is 0 Å². The van der Waals surface area contributed by atoms with E-state index < -0.39 is 0 Å². The Labute approximate surface area is 114 Å². The number of nitrogens with one attached hydrogen (secondary N) is 1. The van der Waals surface area contributed by atoms with E-state index in [2.05, 4.69) is 11.4 Å². The van der Waals surface area contributed by atoms with Gasteiger partial charge in [0.2, 0.25) is 0 Å². The quantitative estimate of drug-likeness (QED) is 0.883.